The molecule has 0 bridgehead atoms. The highest BCUT2D eigenvalue weighted by Gasteiger charge is 2.18. The third-order valence-corrected chi connectivity index (χ3v) is 5.84. The Bertz CT molecular complexity index is 1260. The Kier molecular flexibility index (Phi) is 8.00. The molecule has 7 nitrogen and oxygen atoms in total. The Balaban J connectivity index is 1.47. The maximum atomic E-state index is 13.3. The van der Waals surface area contributed by atoms with Crippen molar-refractivity contribution in [2.45, 2.75) is 12.8 Å². The molecule has 0 spiro atoms. The van der Waals surface area contributed by atoms with E-state index in [0.29, 0.717) is 59.7 Å². The summed E-state index contributed by atoms with van der Waals surface area (Å²) in [6, 6.07) is 22.2. The number of benzene rings is 3. The lowest BCUT2D eigenvalue weighted by Gasteiger charge is -2.22. The van der Waals surface area contributed by atoms with Crippen LogP contribution >= 0.6 is 11.6 Å². The van der Waals surface area contributed by atoms with Crippen molar-refractivity contribution in [2.75, 3.05) is 27.3 Å². The molecule has 8 heteroatoms. The minimum atomic E-state index is -0.0523. The van der Waals surface area contributed by atoms with E-state index in [0.717, 1.165) is 11.1 Å². The normalized spacial score (nSPS) is 10.7. The first kappa shape index (κ1) is 24.3. The number of ether oxygens (including phenoxy) is 2. The van der Waals surface area contributed by atoms with E-state index in [-0.39, 0.29) is 5.91 Å². The number of methoxy groups -OCH3 is 2. The molecule has 0 aliphatic carbocycles. The molecule has 4 aromatic rings. The molecule has 1 amide bonds. The number of halogens is 1. The molecule has 35 heavy (non-hydrogen) atoms. The zero-order chi connectivity index (χ0) is 24.6. The van der Waals surface area contributed by atoms with Crippen molar-refractivity contribution in [1.29, 1.82) is 0 Å². The summed E-state index contributed by atoms with van der Waals surface area (Å²) in [5.41, 5.74) is 2.48. The lowest BCUT2D eigenvalue weighted by Crippen LogP contribution is -2.34. The quantitative estimate of drug-likeness (QED) is 0.298. The van der Waals surface area contributed by atoms with Crippen molar-refractivity contribution >= 4 is 17.5 Å². The van der Waals surface area contributed by atoms with Crippen LogP contribution in [0.15, 0.2) is 77.3 Å². The van der Waals surface area contributed by atoms with Crippen LogP contribution in [0.5, 0.6) is 11.5 Å². The molecule has 0 fully saturated rings. The first-order valence-electron chi connectivity index (χ1n) is 11.2. The highest BCUT2D eigenvalue weighted by Crippen LogP contribution is 2.28. The van der Waals surface area contributed by atoms with Gasteiger partial charge in [-0.05, 0) is 60.5 Å². The van der Waals surface area contributed by atoms with Gasteiger partial charge in [0.2, 0.25) is 11.7 Å². The number of nitrogens with zero attached hydrogens (tertiary/aromatic N) is 3. The van der Waals surface area contributed by atoms with E-state index in [4.69, 9.17) is 25.6 Å². The monoisotopic (exact) mass is 491 g/mol. The van der Waals surface area contributed by atoms with Crippen LogP contribution < -0.4 is 9.47 Å². The summed E-state index contributed by atoms with van der Waals surface area (Å²) in [5, 5.41) is 4.71. The van der Waals surface area contributed by atoms with E-state index in [2.05, 4.69) is 10.1 Å². The van der Waals surface area contributed by atoms with Gasteiger partial charge < -0.3 is 18.9 Å². The summed E-state index contributed by atoms with van der Waals surface area (Å²) in [5.74, 6) is 2.23. The number of carbonyl (C=O) groups excluding carboxylic acids is 1. The van der Waals surface area contributed by atoms with Gasteiger partial charge in [0.15, 0.2) is 11.5 Å². The van der Waals surface area contributed by atoms with E-state index in [9.17, 15) is 4.79 Å². The van der Waals surface area contributed by atoms with Gasteiger partial charge >= 0.3 is 0 Å². The summed E-state index contributed by atoms with van der Waals surface area (Å²) in [6.07, 6.45) is 1.09. The van der Waals surface area contributed by atoms with Gasteiger partial charge in [0.05, 0.1) is 14.2 Å². The average Bonchev–Trinajstić information content (AvgIpc) is 3.38. The third-order valence-electron chi connectivity index (χ3n) is 5.59. The second-order valence-electron chi connectivity index (χ2n) is 7.87. The van der Waals surface area contributed by atoms with Crippen molar-refractivity contribution in [1.82, 2.24) is 15.0 Å². The van der Waals surface area contributed by atoms with E-state index in [1.54, 1.807) is 31.3 Å². The molecular formula is C27H26ClN3O4. The highest BCUT2D eigenvalue weighted by molar-refractivity contribution is 6.30. The Morgan fingerprint density at radius 3 is 2.34 bits per heavy atom. The largest absolute Gasteiger partial charge is 0.493 e. The average molecular weight is 492 g/mol. The highest BCUT2D eigenvalue weighted by atomic mass is 35.5. The van der Waals surface area contributed by atoms with Crippen LogP contribution in [0.3, 0.4) is 0 Å². The third kappa shape index (κ3) is 6.19. The fourth-order valence-electron chi connectivity index (χ4n) is 3.68. The van der Waals surface area contributed by atoms with Crippen molar-refractivity contribution in [3.05, 3.63) is 94.8 Å². The Labute approximate surface area is 209 Å². The molecule has 0 aliphatic rings. The molecule has 1 aromatic heterocycles. The van der Waals surface area contributed by atoms with Crippen LogP contribution in [0.1, 0.15) is 21.8 Å². The van der Waals surface area contributed by atoms with Crippen molar-refractivity contribution in [3.63, 3.8) is 0 Å². The molecule has 4 rings (SSSR count). The van der Waals surface area contributed by atoms with Crippen LogP contribution in [0, 0.1) is 0 Å². The number of amides is 1. The molecule has 0 atom stereocenters. The lowest BCUT2D eigenvalue weighted by atomic mass is 10.1. The summed E-state index contributed by atoms with van der Waals surface area (Å²) < 4.78 is 16.2. The maximum absolute atomic E-state index is 13.3. The van der Waals surface area contributed by atoms with Crippen LogP contribution in [0.2, 0.25) is 5.02 Å². The number of hydrogen-bond acceptors (Lipinski definition) is 6. The Morgan fingerprint density at radius 1 is 0.914 bits per heavy atom. The van der Waals surface area contributed by atoms with Gasteiger partial charge in [-0.2, -0.15) is 4.98 Å². The molecule has 0 N–H and O–H groups in total. The topological polar surface area (TPSA) is 77.7 Å². The second-order valence-corrected chi connectivity index (χ2v) is 8.30. The molecule has 180 valence electrons. The van der Waals surface area contributed by atoms with Crippen molar-refractivity contribution in [3.8, 4) is 22.9 Å². The fraction of sp³-hybridized carbons (Fsp3) is 0.222. The minimum absolute atomic E-state index is 0.0523. The fourth-order valence-corrected chi connectivity index (χ4v) is 3.81. The van der Waals surface area contributed by atoms with Gasteiger partial charge in [-0.1, -0.05) is 41.0 Å². The van der Waals surface area contributed by atoms with E-state index in [1.165, 1.54) is 0 Å². The Hall–Kier alpha value is -3.84. The predicted octanol–water partition coefficient (Wildman–Crippen LogP) is 5.33. The smallest absolute Gasteiger partial charge is 0.253 e. The summed E-state index contributed by atoms with van der Waals surface area (Å²) >= 11 is 5.96. The number of aromatic nitrogens is 2. The van der Waals surface area contributed by atoms with Gasteiger partial charge in [0.25, 0.3) is 5.91 Å². The van der Waals surface area contributed by atoms with Gasteiger partial charge in [-0.3, -0.25) is 4.79 Å². The zero-order valence-electron chi connectivity index (χ0n) is 19.6. The number of carbonyl (C=O) groups is 1. The zero-order valence-corrected chi connectivity index (χ0v) is 20.4. The minimum Gasteiger partial charge on any atom is -0.493 e. The molecular weight excluding hydrogens is 466 g/mol. The predicted molar refractivity (Wildman–Crippen MR) is 134 cm³/mol. The van der Waals surface area contributed by atoms with Gasteiger partial charge in [0.1, 0.15) is 0 Å². The van der Waals surface area contributed by atoms with Crippen molar-refractivity contribution < 1.29 is 18.8 Å². The molecule has 0 saturated carbocycles. The molecule has 3 aromatic carbocycles. The molecule has 0 radical (unpaired) electrons. The van der Waals surface area contributed by atoms with Gasteiger partial charge in [0, 0.05) is 35.7 Å². The lowest BCUT2D eigenvalue weighted by molar-refractivity contribution is 0.0756. The van der Waals surface area contributed by atoms with Crippen LogP contribution in [-0.2, 0) is 12.8 Å². The maximum Gasteiger partial charge on any atom is 0.253 e. The van der Waals surface area contributed by atoms with Crippen LogP contribution in [0.4, 0.5) is 0 Å². The summed E-state index contributed by atoms with van der Waals surface area (Å²) in [6.45, 7) is 0.949. The SMILES string of the molecule is COc1ccc(CCN(CCc2nc(-c3ccc(Cl)cc3)no2)C(=O)c2ccccc2)cc1OC. The summed E-state index contributed by atoms with van der Waals surface area (Å²) in [4.78, 5) is 19.6. The molecule has 1 heterocycles. The van der Waals surface area contributed by atoms with Crippen molar-refractivity contribution in [2.24, 2.45) is 0 Å². The van der Waals surface area contributed by atoms with Crippen LogP contribution in [0.25, 0.3) is 11.4 Å². The van der Waals surface area contributed by atoms with Crippen LogP contribution in [-0.4, -0.2) is 48.3 Å². The summed E-state index contributed by atoms with van der Waals surface area (Å²) in [7, 11) is 3.21. The standard InChI is InChI=1S/C27H26ClN3O4/c1-33-23-13-8-19(18-24(23)34-2)14-16-31(27(32)21-6-4-3-5-7-21)17-15-25-29-26(30-35-25)20-9-11-22(28)12-10-20/h3-13,18H,14-17H2,1-2H3. The first-order valence-corrected chi connectivity index (χ1v) is 11.6. The van der Waals surface area contributed by atoms with E-state index < -0.39 is 0 Å². The Morgan fingerprint density at radius 2 is 1.63 bits per heavy atom. The van der Waals surface area contributed by atoms with E-state index >= 15 is 0 Å². The molecule has 0 unspecified atom stereocenters. The second kappa shape index (κ2) is 11.5. The number of hydrogen-bond donors (Lipinski definition) is 0. The molecule has 0 saturated heterocycles. The first-order chi connectivity index (χ1) is 17.1. The molecule has 0 aliphatic heterocycles. The van der Waals surface area contributed by atoms with Gasteiger partial charge in [-0.15, -0.1) is 0 Å². The number of rotatable bonds is 10. The van der Waals surface area contributed by atoms with E-state index in [1.807, 2.05) is 60.7 Å². The van der Waals surface area contributed by atoms with Gasteiger partial charge in [-0.25, -0.2) is 0 Å².